The number of hydrogen-bond acceptors (Lipinski definition) is 4. The van der Waals surface area contributed by atoms with E-state index in [0.29, 0.717) is 6.42 Å². The van der Waals surface area contributed by atoms with Crippen LogP contribution in [-0.2, 0) is 10.0 Å². The van der Waals surface area contributed by atoms with Crippen LogP contribution in [0.25, 0.3) is 0 Å². The lowest BCUT2D eigenvalue weighted by molar-refractivity contribution is 0.554. The summed E-state index contributed by atoms with van der Waals surface area (Å²) in [5.74, 6) is 0. The molecule has 1 heterocycles. The molecule has 1 rings (SSSR count). The number of nitrogens with zero attached hydrogens (tertiary/aromatic N) is 1. The number of rotatable bonds is 4. The first-order valence-electron chi connectivity index (χ1n) is 3.89. The van der Waals surface area contributed by atoms with Gasteiger partial charge >= 0.3 is 0 Å². The van der Waals surface area contributed by atoms with Gasteiger partial charge in [-0.2, -0.15) is 0 Å². The van der Waals surface area contributed by atoms with E-state index in [9.17, 15) is 8.42 Å². The Morgan fingerprint density at radius 1 is 1.69 bits per heavy atom. The van der Waals surface area contributed by atoms with Crippen molar-refractivity contribution >= 4 is 21.4 Å². The van der Waals surface area contributed by atoms with Gasteiger partial charge in [-0.3, -0.25) is 0 Å². The highest BCUT2D eigenvalue weighted by Gasteiger charge is 2.15. The summed E-state index contributed by atoms with van der Waals surface area (Å²) in [4.78, 5) is 4.06. The number of sulfonamides is 1. The molecule has 0 aliphatic carbocycles. The van der Waals surface area contributed by atoms with Crippen LogP contribution in [-0.4, -0.2) is 19.7 Å². The van der Waals surface area contributed by atoms with Crippen molar-refractivity contribution in [1.82, 2.24) is 9.71 Å². The van der Waals surface area contributed by atoms with E-state index < -0.39 is 10.0 Å². The van der Waals surface area contributed by atoms with Gasteiger partial charge in [0.05, 0.1) is 12.3 Å². The summed E-state index contributed by atoms with van der Waals surface area (Å²) >= 11 is 1.46. The molecule has 0 bridgehead atoms. The summed E-state index contributed by atoms with van der Waals surface area (Å²) in [7, 11) is -3.14. The SMILES string of the molecule is CCC(NS(C)(=O)=O)c1nccs1. The van der Waals surface area contributed by atoms with Crippen LogP contribution in [0.4, 0.5) is 0 Å². The van der Waals surface area contributed by atoms with Crippen LogP contribution in [0.3, 0.4) is 0 Å². The van der Waals surface area contributed by atoms with E-state index in [-0.39, 0.29) is 6.04 Å². The van der Waals surface area contributed by atoms with E-state index in [1.807, 2.05) is 12.3 Å². The normalized spacial score (nSPS) is 14.3. The van der Waals surface area contributed by atoms with Crippen molar-refractivity contribution in [1.29, 1.82) is 0 Å². The molecular weight excluding hydrogens is 208 g/mol. The van der Waals surface area contributed by atoms with Crippen molar-refractivity contribution in [3.63, 3.8) is 0 Å². The van der Waals surface area contributed by atoms with Crippen molar-refractivity contribution in [3.05, 3.63) is 16.6 Å². The van der Waals surface area contributed by atoms with E-state index in [1.165, 1.54) is 11.3 Å². The Labute approximate surface area is 82.1 Å². The number of hydrogen-bond donors (Lipinski definition) is 1. The van der Waals surface area contributed by atoms with Gasteiger partial charge in [0.15, 0.2) is 0 Å². The van der Waals surface area contributed by atoms with E-state index in [2.05, 4.69) is 9.71 Å². The molecule has 1 unspecified atom stereocenters. The lowest BCUT2D eigenvalue weighted by Crippen LogP contribution is -2.26. The quantitative estimate of drug-likeness (QED) is 0.828. The minimum absolute atomic E-state index is 0.185. The Balaban J connectivity index is 2.76. The van der Waals surface area contributed by atoms with Crippen LogP contribution in [0.5, 0.6) is 0 Å². The van der Waals surface area contributed by atoms with Crippen LogP contribution >= 0.6 is 11.3 Å². The predicted octanol–water partition coefficient (Wildman–Crippen LogP) is 1.14. The zero-order valence-corrected chi connectivity index (χ0v) is 9.15. The van der Waals surface area contributed by atoms with Gasteiger partial charge in [0, 0.05) is 11.6 Å². The fourth-order valence-corrected chi connectivity index (χ4v) is 2.62. The maximum atomic E-state index is 11.0. The molecule has 0 radical (unpaired) electrons. The number of nitrogens with one attached hydrogen (secondary N) is 1. The number of aromatic nitrogens is 1. The molecule has 0 aromatic carbocycles. The largest absolute Gasteiger partial charge is 0.248 e. The number of thiazole rings is 1. The van der Waals surface area contributed by atoms with Gasteiger partial charge in [-0.05, 0) is 6.42 Å². The third kappa shape index (κ3) is 3.41. The van der Waals surface area contributed by atoms with Crippen LogP contribution in [0, 0.1) is 0 Å². The van der Waals surface area contributed by atoms with Gasteiger partial charge in [0.2, 0.25) is 10.0 Å². The van der Waals surface area contributed by atoms with E-state index >= 15 is 0 Å². The van der Waals surface area contributed by atoms with E-state index in [4.69, 9.17) is 0 Å². The topological polar surface area (TPSA) is 59.1 Å². The molecule has 1 aromatic heterocycles. The van der Waals surface area contributed by atoms with Crippen molar-refractivity contribution in [2.75, 3.05) is 6.26 Å². The second-order valence-electron chi connectivity index (χ2n) is 2.72. The second-order valence-corrected chi connectivity index (χ2v) is 5.43. The van der Waals surface area contributed by atoms with Crippen LogP contribution in [0.15, 0.2) is 11.6 Å². The molecule has 0 saturated heterocycles. The highest BCUT2D eigenvalue weighted by atomic mass is 32.2. The molecule has 0 saturated carbocycles. The standard InChI is InChI=1S/C7H12N2O2S2/c1-3-6(9-13(2,10)11)7-8-4-5-12-7/h4-6,9H,3H2,1-2H3. The molecular formula is C7H12N2O2S2. The Morgan fingerprint density at radius 2 is 2.38 bits per heavy atom. The maximum absolute atomic E-state index is 11.0. The first-order chi connectivity index (χ1) is 6.03. The molecule has 13 heavy (non-hydrogen) atoms. The molecule has 6 heteroatoms. The molecule has 74 valence electrons. The minimum atomic E-state index is -3.14. The lowest BCUT2D eigenvalue weighted by Gasteiger charge is -2.11. The van der Waals surface area contributed by atoms with Crippen LogP contribution < -0.4 is 4.72 Å². The summed E-state index contributed by atoms with van der Waals surface area (Å²) in [6, 6.07) is -0.185. The zero-order chi connectivity index (χ0) is 9.90. The van der Waals surface area contributed by atoms with E-state index in [0.717, 1.165) is 11.3 Å². The highest BCUT2D eigenvalue weighted by Crippen LogP contribution is 2.19. The van der Waals surface area contributed by atoms with Gasteiger partial charge in [0.25, 0.3) is 0 Å². The predicted molar refractivity (Wildman–Crippen MR) is 53.1 cm³/mol. The Kier molecular flexibility index (Phi) is 3.40. The lowest BCUT2D eigenvalue weighted by atomic mass is 10.3. The first kappa shape index (κ1) is 10.6. The smallest absolute Gasteiger partial charge is 0.209 e. The Hall–Kier alpha value is -0.460. The molecule has 0 aliphatic heterocycles. The fraction of sp³-hybridized carbons (Fsp3) is 0.571. The summed E-state index contributed by atoms with van der Waals surface area (Å²) in [5, 5.41) is 2.65. The monoisotopic (exact) mass is 220 g/mol. The summed E-state index contributed by atoms with van der Waals surface area (Å²) in [5.41, 5.74) is 0. The van der Waals surface area contributed by atoms with Crippen molar-refractivity contribution < 1.29 is 8.42 Å². The van der Waals surface area contributed by atoms with Crippen molar-refractivity contribution in [2.24, 2.45) is 0 Å². The van der Waals surface area contributed by atoms with Crippen molar-refractivity contribution in [2.45, 2.75) is 19.4 Å². The molecule has 1 N–H and O–H groups in total. The highest BCUT2D eigenvalue weighted by molar-refractivity contribution is 7.88. The minimum Gasteiger partial charge on any atom is -0.248 e. The van der Waals surface area contributed by atoms with Gasteiger partial charge in [0.1, 0.15) is 5.01 Å². The maximum Gasteiger partial charge on any atom is 0.209 e. The second kappa shape index (κ2) is 4.17. The van der Waals surface area contributed by atoms with Crippen molar-refractivity contribution in [3.8, 4) is 0 Å². The summed E-state index contributed by atoms with van der Waals surface area (Å²) < 4.78 is 24.5. The molecule has 0 amide bonds. The van der Waals surface area contributed by atoms with Gasteiger partial charge in [-0.15, -0.1) is 11.3 Å². The zero-order valence-electron chi connectivity index (χ0n) is 7.52. The molecule has 1 aromatic rings. The third-order valence-corrected chi connectivity index (χ3v) is 3.12. The Bertz CT molecular complexity index is 345. The molecule has 0 fully saturated rings. The summed E-state index contributed by atoms with van der Waals surface area (Å²) in [6.07, 6.45) is 3.54. The third-order valence-electron chi connectivity index (χ3n) is 1.51. The van der Waals surface area contributed by atoms with Gasteiger partial charge < -0.3 is 0 Å². The van der Waals surface area contributed by atoms with E-state index in [1.54, 1.807) is 6.20 Å². The average molecular weight is 220 g/mol. The van der Waals surface area contributed by atoms with Crippen LogP contribution in [0.2, 0.25) is 0 Å². The molecule has 1 atom stereocenters. The van der Waals surface area contributed by atoms with Crippen LogP contribution in [0.1, 0.15) is 24.4 Å². The molecule has 4 nitrogen and oxygen atoms in total. The Morgan fingerprint density at radius 3 is 2.77 bits per heavy atom. The first-order valence-corrected chi connectivity index (χ1v) is 6.66. The summed E-state index contributed by atoms with van der Waals surface area (Å²) in [6.45, 7) is 1.92. The molecule has 0 aliphatic rings. The van der Waals surface area contributed by atoms with Gasteiger partial charge in [-0.1, -0.05) is 6.92 Å². The van der Waals surface area contributed by atoms with Gasteiger partial charge in [-0.25, -0.2) is 18.1 Å². The average Bonchev–Trinajstić information content (AvgIpc) is 2.50. The fourth-order valence-electron chi connectivity index (χ4n) is 0.973. The molecule has 0 spiro atoms.